The molecule has 2 fully saturated rings. The first-order valence-electron chi connectivity index (χ1n) is 6.68. The Morgan fingerprint density at radius 1 is 1.43 bits per heavy atom. The van der Waals surface area contributed by atoms with Crippen LogP contribution in [0.2, 0.25) is 0 Å². The Labute approximate surface area is 122 Å². The van der Waals surface area contributed by atoms with Gasteiger partial charge in [0.25, 0.3) is 11.6 Å². The van der Waals surface area contributed by atoms with Gasteiger partial charge < -0.3 is 20.1 Å². The average Bonchev–Trinajstić information content (AvgIpc) is 2.68. The van der Waals surface area contributed by atoms with E-state index in [0.717, 1.165) is 0 Å². The van der Waals surface area contributed by atoms with Gasteiger partial charge in [0.1, 0.15) is 5.75 Å². The smallest absolute Gasteiger partial charge is 0.357 e. The SMILES string of the molecule is COC(=O)[C@]12C(=O)NC[C@H](CN1c1ccc(O)cc1)N2C. The van der Waals surface area contributed by atoms with Crippen LogP contribution in [-0.4, -0.2) is 60.8 Å². The van der Waals surface area contributed by atoms with Crippen molar-refractivity contribution >= 4 is 17.6 Å². The van der Waals surface area contributed by atoms with Crippen LogP contribution in [0.25, 0.3) is 0 Å². The molecule has 0 saturated carbocycles. The van der Waals surface area contributed by atoms with E-state index >= 15 is 0 Å². The third-order valence-electron chi connectivity index (χ3n) is 4.29. The number of carbonyl (C=O) groups is 2. The second kappa shape index (κ2) is 4.63. The highest BCUT2D eigenvalue weighted by molar-refractivity contribution is 6.11. The highest BCUT2D eigenvalue weighted by Gasteiger charge is 2.64. The van der Waals surface area contributed by atoms with Crippen molar-refractivity contribution in [1.29, 1.82) is 0 Å². The zero-order valence-electron chi connectivity index (χ0n) is 11.9. The van der Waals surface area contributed by atoms with Crippen LogP contribution in [-0.2, 0) is 14.3 Å². The van der Waals surface area contributed by atoms with Crippen molar-refractivity contribution in [3.05, 3.63) is 24.3 Å². The van der Waals surface area contributed by atoms with Crippen molar-refractivity contribution in [2.24, 2.45) is 0 Å². The summed E-state index contributed by atoms with van der Waals surface area (Å²) in [7, 11) is 3.02. The Morgan fingerprint density at radius 3 is 2.71 bits per heavy atom. The Bertz CT molecular complexity index is 578. The topological polar surface area (TPSA) is 82.1 Å². The van der Waals surface area contributed by atoms with Crippen LogP contribution in [0.5, 0.6) is 5.75 Å². The number of amides is 1. The summed E-state index contributed by atoms with van der Waals surface area (Å²) in [5.74, 6) is -0.873. The number of aromatic hydroxyl groups is 1. The van der Waals surface area contributed by atoms with Crippen LogP contribution in [0.1, 0.15) is 0 Å². The number of fused-ring (bicyclic) bond motifs is 2. The van der Waals surface area contributed by atoms with E-state index in [1.807, 2.05) is 0 Å². The van der Waals surface area contributed by atoms with Gasteiger partial charge in [0.15, 0.2) is 0 Å². The Hall–Kier alpha value is -2.28. The van der Waals surface area contributed by atoms with E-state index in [2.05, 4.69) is 5.32 Å². The Kier molecular flexibility index (Phi) is 3.02. The molecule has 21 heavy (non-hydrogen) atoms. The molecule has 0 spiro atoms. The molecule has 2 aliphatic rings. The van der Waals surface area contributed by atoms with Gasteiger partial charge in [-0.05, 0) is 31.3 Å². The molecule has 0 aromatic heterocycles. The molecule has 7 nitrogen and oxygen atoms in total. The Morgan fingerprint density at radius 2 is 2.10 bits per heavy atom. The maximum atomic E-state index is 12.5. The molecule has 7 heteroatoms. The van der Waals surface area contributed by atoms with E-state index in [9.17, 15) is 14.7 Å². The molecule has 2 atom stereocenters. The third-order valence-corrected chi connectivity index (χ3v) is 4.29. The number of rotatable bonds is 2. The van der Waals surface area contributed by atoms with Gasteiger partial charge in [0, 0.05) is 24.8 Å². The lowest BCUT2D eigenvalue weighted by Crippen LogP contribution is -2.71. The summed E-state index contributed by atoms with van der Waals surface area (Å²) < 4.78 is 4.89. The fourth-order valence-electron chi connectivity index (χ4n) is 3.15. The van der Waals surface area contributed by atoms with E-state index in [4.69, 9.17) is 4.74 Å². The number of esters is 1. The van der Waals surface area contributed by atoms with Gasteiger partial charge in [0.2, 0.25) is 0 Å². The van der Waals surface area contributed by atoms with Gasteiger partial charge in [0.05, 0.1) is 7.11 Å². The van der Waals surface area contributed by atoms with Crippen LogP contribution in [0.3, 0.4) is 0 Å². The fraction of sp³-hybridized carbons (Fsp3) is 0.429. The summed E-state index contributed by atoms with van der Waals surface area (Å²) in [6.07, 6.45) is 0. The largest absolute Gasteiger partial charge is 0.508 e. The van der Waals surface area contributed by atoms with Gasteiger partial charge in [-0.2, -0.15) is 0 Å². The molecule has 3 rings (SSSR count). The molecular formula is C14H17N3O4. The molecule has 112 valence electrons. The van der Waals surface area contributed by atoms with E-state index in [-0.39, 0.29) is 11.8 Å². The fourth-order valence-corrected chi connectivity index (χ4v) is 3.15. The van der Waals surface area contributed by atoms with Gasteiger partial charge in [-0.3, -0.25) is 9.69 Å². The molecule has 2 heterocycles. The van der Waals surface area contributed by atoms with Crippen molar-refractivity contribution in [2.45, 2.75) is 11.7 Å². The van der Waals surface area contributed by atoms with E-state index in [1.165, 1.54) is 19.2 Å². The van der Waals surface area contributed by atoms with Crippen LogP contribution in [0.15, 0.2) is 24.3 Å². The normalized spacial score (nSPS) is 28.4. The number of nitrogens with one attached hydrogen (secondary N) is 1. The summed E-state index contributed by atoms with van der Waals surface area (Å²) in [5.41, 5.74) is -0.807. The molecule has 0 unspecified atom stereocenters. The summed E-state index contributed by atoms with van der Waals surface area (Å²) in [6, 6.07) is 6.45. The van der Waals surface area contributed by atoms with Crippen LogP contribution in [0, 0.1) is 0 Å². The zero-order valence-corrected chi connectivity index (χ0v) is 11.9. The molecule has 0 aliphatic carbocycles. The first-order chi connectivity index (χ1) is 10.0. The number of nitrogens with zero attached hydrogens (tertiary/aromatic N) is 2. The minimum atomic E-state index is -1.49. The number of methoxy groups -OCH3 is 1. The number of ether oxygens (including phenoxy) is 1. The minimum absolute atomic E-state index is 0.0237. The monoisotopic (exact) mass is 291 g/mol. The number of benzene rings is 1. The average molecular weight is 291 g/mol. The molecule has 1 aromatic carbocycles. The Balaban J connectivity index is 2.12. The molecule has 2 bridgehead atoms. The molecular weight excluding hydrogens is 274 g/mol. The first-order valence-corrected chi connectivity index (χ1v) is 6.68. The highest BCUT2D eigenvalue weighted by atomic mass is 16.5. The van der Waals surface area contributed by atoms with Gasteiger partial charge in [-0.15, -0.1) is 0 Å². The van der Waals surface area contributed by atoms with Crippen molar-refractivity contribution in [3.63, 3.8) is 0 Å². The quantitative estimate of drug-likeness (QED) is 0.565. The number of carbonyl (C=O) groups excluding carboxylic acids is 2. The van der Waals surface area contributed by atoms with Gasteiger partial charge in [-0.25, -0.2) is 4.79 Å². The molecule has 2 N–H and O–H groups in total. The van der Waals surface area contributed by atoms with Gasteiger partial charge in [-0.1, -0.05) is 0 Å². The molecule has 1 aromatic rings. The van der Waals surface area contributed by atoms with Crippen molar-refractivity contribution < 1.29 is 19.4 Å². The summed E-state index contributed by atoms with van der Waals surface area (Å²) in [6.45, 7) is 1.01. The number of phenolic OH excluding ortho intramolecular Hbond substituents is 1. The lowest BCUT2D eigenvalue weighted by Gasteiger charge is -2.41. The maximum Gasteiger partial charge on any atom is 0.357 e. The molecule has 1 amide bonds. The highest BCUT2D eigenvalue weighted by Crippen LogP contribution is 2.38. The number of hydrogen-bond donors (Lipinski definition) is 2. The summed E-state index contributed by atoms with van der Waals surface area (Å²) >= 11 is 0. The first kappa shape index (κ1) is 13.7. The second-order valence-corrected chi connectivity index (χ2v) is 5.27. The minimum Gasteiger partial charge on any atom is -0.508 e. The predicted molar refractivity (Wildman–Crippen MR) is 74.8 cm³/mol. The number of likely N-dealkylation sites (N-methyl/N-ethyl adjacent to an activating group) is 1. The standard InChI is InChI=1S/C14H17N3O4/c1-16-10-7-15-12(19)14(16,13(20)21-2)17(8-10)9-3-5-11(18)6-4-9/h3-6,10,18H,7-8H2,1-2H3,(H,15,19)/t10-,14+/m1/s1. The van der Waals surface area contributed by atoms with Crippen LogP contribution in [0.4, 0.5) is 5.69 Å². The second-order valence-electron chi connectivity index (χ2n) is 5.27. The van der Waals surface area contributed by atoms with Crippen molar-refractivity contribution in [3.8, 4) is 5.75 Å². The molecule has 2 aliphatic heterocycles. The number of anilines is 1. The lowest BCUT2D eigenvalue weighted by molar-refractivity contribution is -0.161. The predicted octanol–water partition coefficient (Wildman–Crippen LogP) is -0.488. The van der Waals surface area contributed by atoms with Crippen LogP contribution >= 0.6 is 0 Å². The van der Waals surface area contributed by atoms with E-state index in [0.29, 0.717) is 18.8 Å². The molecule has 0 radical (unpaired) electrons. The number of hydrogen-bond acceptors (Lipinski definition) is 6. The van der Waals surface area contributed by atoms with Gasteiger partial charge >= 0.3 is 5.97 Å². The zero-order chi connectivity index (χ0) is 15.2. The van der Waals surface area contributed by atoms with Crippen LogP contribution < -0.4 is 10.2 Å². The van der Waals surface area contributed by atoms with E-state index < -0.39 is 17.5 Å². The van der Waals surface area contributed by atoms with Crippen molar-refractivity contribution in [2.75, 3.05) is 32.1 Å². The number of piperazine rings is 1. The molecule has 2 saturated heterocycles. The lowest BCUT2D eigenvalue weighted by atomic mass is 10.0. The third kappa shape index (κ3) is 1.70. The maximum absolute atomic E-state index is 12.5. The van der Waals surface area contributed by atoms with Crippen molar-refractivity contribution in [1.82, 2.24) is 10.2 Å². The number of phenols is 1. The summed E-state index contributed by atoms with van der Waals surface area (Å²) in [4.78, 5) is 28.4. The summed E-state index contributed by atoms with van der Waals surface area (Å²) in [5, 5.41) is 12.2. The van der Waals surface area contributed by atoms with E-state index in [1.54, 1.807) is 29.0 Å².